The van der Waals surface area contributed by atoms with Crippen LogP contribution in [0, 0.1) is 0 Å². The lowest BCUT2D eigenvalue weighted by molar-refractivity contribution is 0.0690. The Kier molecular flexibility index (Phi) is 4.46. The first kappa shape index (κ1) is 15.3. The molecule has 8 heteroatoms. The summed E-state index contributed by atoms with van der Waals surface area (Å²) in [7, 11) is 1.58. The van der Waals surface area contributed by atoms with Crippen molar-refractivity contribution in [2.75, 3.05) is 13.7 Å². The predicted octanol–water partition coefficient (Wildman–Crippen LogP) is 0.821. The maximum absolute atomic E-state index is 12.0. The molecule has 0 bridgehead atoms. The molecule has 0 saturated heterocycles. The van der Waals surface area contributed by atoms with Gasteiger partial charge in [-0.05, 0) is 26.2 Å². The first-order valence-electron chi connectivity index (χ1n) is 6.84. The summed E-state index contributed by atoms with van der Waals surface area (Å²) in [5.41, 5.74) is -0.583. The van der Waals surface area contributed by atoms with Gasteiger partial charge < -0.3 is 25.5 Å². The number of aromatic carboxylic acids is 1. The van der Waals surface area contributed by atoms with Crippen molar-refractivity contribution in [1.29, 1.82) is 0 Å². The number of carbonyl (C=O) groups excluding carboxylic acids is 1. The molecule has 2 rings (SSSR count). The van der Waals surface area contributed by atoms with Crippen molar-refractivity contribution in [3.05, 3.63) is 17.7 Å². The molecule has 21 heavy (non-hydrogen) atoms. The number of urea groups is 1. The number of carbonyl (C=O) groups is 2. The molecule has 0 aromatic carbocycles. The number of ether oxygens (including phenoxy) is 1. The summed E-state index contributed by atoms with van der Waals surface area (Å²) in [5.74, 6) is -0.581. The highest BCUT2D eigenvalue weighted by atomic mass is 16.5. The van der Waals surface area contributed by atoms with E-state index < -0.39 is 11.5 Å². The van der Waals surface area contributed by atoms with Gasteiger partial charge in [-0.3, -0.25) is 0 Å². The van der Waals surface area contributed by atoms with E-state index >= 15 is 0 Å². The molecule has 1 aliphatic rings. The van der Waals surface area contributed by atoms with E-state index in [0.29, 0.717) is 12.4 Å². The number of carboxylic acids is 1. The largest absolute Gasteiger partial charge is 0.477 e. The fourth-order valence-electron chi connectivity index (χ4n) is 2.21. The van der Waals surface area contributed by atoms with E-state index in [0.717, 1.165) is 19.3 Å². The molecule has 1 atom stereocenters. The highest BCUT2D eigenvalue weighted by Gasteiger charge is 2.43. The van der Waals surface area contributed by atoms with E-state index in [1.807, 2.05) is 6.92 Å². The van der Waals surface area contributed by atoms with E-state index in [-0.39, 0.29) is 17.8 Å². The van der Waals surface area contributed by atoms with Crippen LogP contribution < -0.4 is 10.6 Å². The Balaban J connectivity index is 2.00. The first-order valence-corrected chi connectivity index (χ1v) is 6.84. The van der Waals surface area contributed by atoms with E-state index in [1.54, 1.807) is 7.11 Å². The minimum atomic E-state index is -1.07. The first-order chi connectivity index (χ1) is 9.97. The van der Waals surface area contributed by atoms with Gasteiger partial charge in [-0.1, -0.05) is 0 Å². The fourth-order valence-corrected chi connectivity index (χ4v) is 2.21. The second-order valence-electron chi connectivity index (χ2n) is 5.27. The van der Waals surface area contributed by atoms with Gasteiger partial charge in [-0.25, -0.2) is 14.6 Å². The van der Waals surface area contributed by atoms with Crippen molar-refractivity contribution >= 4 is 12.0 Å². The van der Waals surface area contributed by atoms with Crippen molar-refractivity contribution in [3.8, 4) is 0 Å². The summed E-state index contributed by atoms with van der Waals surface area (Å²) in [6.45, 7) is 2.25. The van der Waals surface area contributed by atoms with Crippen LogP contribution in [0.3, 0.4) is 0 Å². The second-order valence-corrected chi connectivity index (χ2v) is 5.27. The number of nitrogens with zero attached hydrogens (tertiary/aromatic N) is 1. The van der Waals surface area contributed by atoms with Gasteiger partial charge in [-0.2, -0.15) is 0 Å². The molecular formula is C13H20N4O4. The molecule has 2 amide bonds. The Morgan fingerprint density at radius 3 is 2.76 bits per heavy atom. The Labute approximate surface area is 122 Å². The number of amides is 2. The molecular weight excluding hydrogens is 276 g/mol. The molecule has 4 N–H and O–H groups in total. The smallest absolute Gasteiger partial charge is 0.353 e. The van der Waals surface area contributed by atoms with E-state index in [9.17, 15) is 9.59 Å². The third-order valence-electron chi connectivity index (χ3n) is 3.77. The van der Waals surface area contributed by atoms with E-state index in [1.165, 1.54) is 6.20 Å². The minimum Gasteiger partial charge on any atom is -0.477 e. The van der Waals surface area contributed by atoms with Crippen molar-refractivity contribution in [3.63, 3.8) is 0 Å². The van der Waals surface area contributed by atoms with Gasteiger partial charge in [0, 0.05) is 13.7 Å². The number of H-pyrrole nitrogens is 1. The molecule has 1 aromatic heterocycles. The van der Waals surface area contributed by atoms with Crippen LogP contribution in [-0.4, -0.2) is 46.8 Å². The summed E-state index contributed by atoms with van der Waals surface area (Å²) in [5, 5.41) is 14.5. The average Bonchev–Trinajstić information content (AvgIpc) is 2.90. The normalized spacial score (nSPS) is 17.6. The molecule has 0 radical (unpaired) electrons. The number of imidazole rings is 1. The fraction of sp³-hybridized carbons (Fsp3) is 0.615. The summed E-state index contributed by atoms with van der Waals surface area (Å²) in [6.07, 6.45) is 3.61. The van der Waals surface area contributed by atoms with Crippen molar-refractivity contribution in [2.45, 2.75) is 37.8 Å². The lowest BCUT2D eigenvalue weighted by Gasteiger charge is -2.40. The molecule has 1 heterocycles. The maximum Gasteiger partial charge on any atom is 0.353 e. The summed E-state index contributed by atoms with van der Waals surface area (Å²) < 4.78 is 5.06. The number of hydrogen-bond acceptors (Lipinski definition) is 4. The summed E-state index contributed by atoms with van der Waals surface area (Å²) in [6, 6.07) is -0.313. The molecule has 1 saturated carbocycles. The van der Waals surface area contributed by atoms with Gasteiger partial charge >= 0.3 is 12.0 Å². The van der Waals surface area contributed by atoms with Crippen molar-refractivity contribution in [2.24, 2.45) is 0 Å². The van der Waals surface area contributed by atoms with Gasteiger partial charge in [0.1, 0.15) is 11.5 Å². The quantitative estimate of drug-likeness (QED) is 0.620. The van der Waals surface area contributed by atoms with Crippen molar-refractivity contribution in [1.82, 2.24) is 20.6 Å². The number of aromatic amines is 1. The third-order valence-corrected chi connectivity index (χ3v) is 3.77. The van der Waals surface area contributed by atoms with E-state index in [4.69, 9.17) is 9.84 Å². The molecule has 0 aliphatic heterocycles. The lowest BCUT2D eigenvalue weighted by Crippen LogP contribution is -2.55. The van der Waals surface area contributed by atoms with Gasteiger partial charge in [0.05, 0.1) is 17.8 Å². The molecule has 1 unspecified atom stereocenters. The van der Waals surface area contributed by atoms with Crippen LogP contribution in [0.15, 0.2) is 6.20 Å². The summed E-state index contributed by atoms with van der Waals surface area (Å²) >= 11 is 0. The third kappa shape index (κ3) is 3.33. The maximum atomic E-state index is 12.0. The second kappa shape index (κ2) is 6.13. The highest BCUT2D eigenvalue weighted by molar-refractivity contribution is 5.85. The minimum absolute atomic E-state index is 0.0199. The molecule has 8 nitrogen and oxygen atoms in total. The number of nitrogens with one attached hydrogen (secondary N) is 3. The van der Waals surface area contributed by atoms with E-state index in [2.05, 4.69) is 20.6 Å². The molecule has 0 spiro atoms. The Bertz CT molecular complexity index is 524. The van der Waals surface area contributed by atoms with Crippen LogP contribution in [0.25, 0.3) is 0 Å². The van der Waals surface area contributed by atoms with Crippen LogP contribution >= 0.6 is 0 Å². The van der Waals surface area contributed by atoms with Crippen molar-refractivity contribution < 1.29 is 19.4 Å². The number of aromatic nitrogens is 2. The van der Waals surface area contributed by atoms with Crippen LogP contribution in [0.2, 0.25) is 0 Å². The van der Waals surface area contributed by atoms with Gasteiger partial charge in [0.15, 0.2) is 0 Å². The average molecular weight is 296 g/mol. The molecule has 1 aliphatic carbocycles. The zero-order valence-corrected chi connectivity index (χ0v) is 12.1. The van der Waals surface area contributed by atoms with Crippen LogP contribution in [0.4, 0.5) is 4.79 Å². The SMILES string of the molecule is COC(C)CNC(=O)NC1(c2ncc(C(=O)O)[nH]2)CCC1. The molecule has 1 fully saturated rings. The predicted molar refractivity (Wildman–Crippen MR) is 74.1 cm³/mol. The molecule has 116 valence electrons. The van der Waals surface area contributed by atoms with Crippen LogP contribution in [-0.2, 0) is 10.3 Å². The standard InChI is InChI=1S/C13H20N4O4/c1-8(21-2)6-15-12(20)17-13(4-3-5-13)11-14-7-9(16-11)10(18)19/h7-8H,3-6H2,1-2H3,(H,14,16)(H,18,19)(H2,15,17,20). The Morgan fingerprint density at radius 1 is 1.57 bits per heavy atom. The lowest BCUT2D eigenvalue weighted by atomic mass is 9.76. The summed E-state index contributed by atoms with van der Waals surface area (Å²) in [4.78, 5) is 29.7. The zero-order chi connectivity index (χ0) is 15.5. The molecule has 1 aromatic rings. The van der Waals surface area contributed by atoms with Gasteiger partial charge in [0.2, 0.25) is 0 Å². The number of rotatable bonds is 6. The Morgan fingerprint density at radius 2 is 2.29 bits per heavy atom. The highest BCUT2D eigenvalue weighted by Crippen LogP contribution is 2.39. The number of methoxy groups -OCH3 is 1. The zero-order valence-electron chi connectivity index (χ0n) is 12.1. The van der Waals surface area contributed by atoms with Crippen LogP contribution in [0.1, 0.15) is 42.5 Å². The van der Waals surface area contributed by atoms with Gasteiger partial charge in [0.25, 0.3) is 0 Å². The van der Waals surface area contributed by atoms with Gasteiger partial charge in [-0.15, -0.1) is 0 Å². The number of hydrogen-bond donors (Lipinski definition) is 4. The monoisotopic (exact) mass is 296 g/mol. The topological polar surface area (TPSA) is 116 Å². The Hall–Kier alpha value is -2.09. The van der Waals surface area contributed by atoms with Crippen LogP contribution in [0.5, 0.6) is 0 Å². The number of carboxylic acid groups (broad SMARTS) is 1.